The molecule has 0 unspecified atom stereocenters. The van der Waals surface area contributed by atoms with E-state index in [2.05, 4.69) is 15.2 Å². The van der Waals surface area contributed by atoms with E-state index in [0.717, 1.165) is 70.1 Å². The van der Waals surface area contributed by atoms with E-state index in [1.807, 2.05) is 19.2 Å². The molecule has 1 saturated heterocycles. The molecule has 0 aliphatic carbocycles. The number of hydrogen-bond donors (Lipinski definition) is 1. The van der Waals surface area contributed by atoms with E-state index >= 15 is 0 Å². The smallest absolute Gasteiger partial charge is 0.193 e. The van der Waals surface area contributed by atoms with Gasteiger partial charge in [0.25, 0.3) is 0 Å². The van der Waals surface area contributed by atoms with Gasteiger partial charge in [-0.2, -0.15) is 0 Å². The number of rotatable bonds is 8. The molecule has 0 spiro atoms. The quantitative estimate of drug-likeness (QED) is 0.270. The Morgan fingerprint density at radius 2 is 1.92 bits per heavy atom. The molecule has 7 heteroatoms. The third-order valence-corrected chi connectivity index (χ3v) is 4.41. The molecule has 0 saturated carbocycles. The van der Waals surface area contributed by atoms with Crippen LogP contribution in [0.15, 0.2) is 29.3 Å². The molecular weight excluding hydrogens is 448 g/mol. The largest absolute Gasteiger partial charge is 0.385 e. The van der Waals surface area contributed by atoms with Gasteiger partial charge in [0.15, 0.2) is 5.96 Å². The van der Waals surface area contributed by atoms with Crippen molar-refractivity contribution in [3.63, 3.8) is 0 Å². The van der Waals surface area contributed by atoms with Crippen molar-refractivity contribution in [1.29, 1.82) is 0 Å². The number of nitrogens with one attached hydrogen (secondary N) is 1. The van der Waals surface area contributed by atoms with Crippen LogP contribution in [-0.2, 0) is 15.9 Å². The van der Waals surface area contributed by atoms with Crippen molar-refractivity contribution in [2.75, 3.05) is 47.0 Å². The van der Waals surface area contributed by atoms with Gasteiger partial charge in [-0.3, -0.25) is 4.99 Å². The van der Waals surface area contributed by atoms with E-state index in [0.29, 0.717) is 6.10 Å². The maximum absolute atomic E-state index is 12.9. The summed E-state index contributed by atoms with van der Waals surface area (Å²) in [5.74, 6) is 0.736. The summed E-state index contributed by atoms with van der Waals surface area (Å²) < 4.78 is 23.9. The SMILES string of the molecule is CN=C(NCCc1ccc(F)cc1)N1CCC(OCCCOC)CC1.I. The summed E-state index contributed by atoms with van der Waals surface area (Å²) in [4.78, 5) is 6.66. The maximum atomic E-state index is 12.9. The first kappa shape index (κ1) is 23.1. The molecule has 1 heterocycles. The Morgan fingerprint density at radius 1 is 1.23 bits per heavy atom. The van der Waals surface area contributed by atoms with Crippen molar-refractivity contribution in [3.05, 3.63) is 35.6 Å². The number of benzene rings is 1. The second-order valence-electron chi connectivity index (χ2n) is 6.25. The topological polar surface area (TPSA) is 46.1 Å². The van der Waals surface area contributed by atoms with Gasteiger partial charge in [-0.15, -0.1) is 24.0 Å². The molecule has 1 fully saturated rings. The molecule has 26 heavy (non-hydrogen) atoms. The molecule has 0 atom stereocenters. The minimum atomic E-state index is -0.195. The Balaban J connectivity index is 0.00000338. The molecule has 2 rings (SSSR count). The number of likely N-dealkylation sites (tertiary alicyclic amines) is 1. The van der Waals surface area contributed by atoms with Gasteiger partial charge in [0.05, 0.1) is 6.10 Å². The molecule has 1 aromatic carbocycles. The van der Waals surface area contributed by atoms with Crippen molar-refractivity contribution >= 4 is 29.9 Å². The van der Waals surface area contributed by atoms with Crippen molar-refractivity contribution in [2.24, 2.45) is 4.99 Å². The fourth-order valence-electron chi connectivity index (χ4n) is 2.99. The van der Waals surface area contributed by atoms with Gasteiger partial charge in [-0.25, -0.2) is 4.39 Å². The van der Waals surface area contributed by atoms with Crippen LogP contribution >= 0.6 is 24.0 Å². The number of aliphatic imine (C=N–C) groups is 1. The Bertz CT molecular complexity index is 520. The number of nitrogens with zero attached hydrogens (tertiary/aromatic N) is 2. The van der Waals surface area contributed by atoms with Gasteiger partial charge in [0.2, 0.25) is 0 Å². The molecule has 148 valence electrons. The molecule has 0 bridgehead atoms. The Kier molecular flexibility index (Phi) is 11.8. The summed E-state index contributed by atoms with van der Waals surface area (Å²) in [5, 5.41) is 3.40. The molecule has 0 aromatic heterocycles. The normalized spacial score (nSPS) is 15.7. The third kappa shape index (κ3) is 8.18. The highest BCUT2D eigenvalue weighted by Crippen LogP contribution is 2.14. The number of hydrogen-bond acceptors (Lipinski definition) is 3. The zero-order chi connectivity index (χ0) is 17.9. The standard InChI is InChI=1S/C19H30FN3O2.HI/c1-21-19(22-11-8-16-4-6-17(20)7-5-16)23-12-9-18(10-13-23)25-15-3-14-24-2;/h4-7,18H,3,8-15H2,1-2H3,(H,21,22);1H. The predicted molar refractivity (Wildman–Crippen MR) is 114 cm³/mol. The van der Waals surface area contributed by atoms with E-state index in [1.165, 1.54) is 12.1 Å². The molecule has 0 amide bonds. The average molecular weight is 479 g/mol. The van der Waals surface area contributed by atoms with E-state index in [9.17, 15) is 4.39 Å². The zero-order valence-electron chi connectivity index (χ0n) is 15.7. The first-order valence-electron chi connectivity index (χ1n) is 9.03. The lowest BCUT2D eigenvalue weighted by Crippen LogP contribution is -2.47. The van der Waals surface area contributed by atoms with Gasteiger partial charge < -0.3 is 19.7 Å². The van der Waals surface area contributed by atoms with Crippen LogP contribution in [0, 0.1) is 5.82 Å². The second-order valence-corrected chi connectivity index (χ2v) is 6.25. The lowest BCUT2D eigenvalue weighted by molar-refractivity contribution is 0.00992. The number of guanidine groups is 1. The molecule has 1 N–H and O–H groups in total. The molecule has 1 aliphatic heterocycles. The summed E-state index contributed by atoms with van der Waals surface area (Å²) in [6.07, 6.45) is 4.17. The van der Waals surface area contributed by atoms with Crippen LogP contribution in [0.4, 0.5) is 4.39 Å². The summed E-state index contributed by atoms with van der Waals surface area (Å²) in [6.45, 7) is 4.20. The highest BCUT2D eigenvalue weighted by atomic mass is 127. The van der Waals surface area contributed by atoms with Crippen LogP contribution in [0.2, 0.25) is 0 Å². The molecule has 1 aliphatic rings. The van der Waals surface area contributed by atoms with Crippen molar-refractivity contribution in [2.45, 2.75) is 31.8 Å². The summed E-state index contributed by atoms with van der Waals surface area (Å²) in [5.41, 5.74) is 1.12. The van der Waals surface area contributed by atoms with Crippen molar-refractivity contribution in [3.8, 4) is 0 Å². The second kappa shape index (κ2) is 13.3. The fraction of sp³-hybridized carbons (Fsp3) is 0.632. The van der Waals surface area contributed by atoms with Crippen LogP contribution in [0.3, 0.4) is 0 Å². The Morgan fingerprint density at radius 3 is 2.54 bits per heavy atom. The van der Waals surface area contributed by atoms with Crippen molar-refractivity contribution in [1.82, 2.24) is 10.2 Å². The average Bonchev–Trinajstić information content (AvgIpc) is 2.65. The zero-order valence-corrected chi connectivity index (χ0v) is 18.1. The molecule has 5 nitrogen and oxygen atoms in total. The fourth-order valence-corrected chi connectivity index (χ4v) is 2.99. The molecule has 1 aromatic rings. The number of ether oxygens (including phenoxy) is 2. The number of methoxy groups -OCH3 is 1. The van der Waals surface area contributed by atoms with E-state index in [4.69, 9.17) is 9.47 Å². The number of piperidine rings is 1. The van der Waals surface area contributed by atoms with Crippen LogP contribution in [-0.4, -0.2) is 64.0 Å². The van der Waals surface area contributed by atoms with E-state index in [1.54, 1.807) is 7.11 Å². The van der Waals surface area contributed by atoms with Crippen LogP contribution in [0.25, 0.3) is 0 Å². The van der Waals surface area contributed by atoms with Crippen LogP contribution in [0.5, 0.6) is 0 Å². The van der Waals surface area contributed by atoms with Crippen LogP contribution in [0.1, 0.15) is 24.8 Å². The van der Waals surface area contributed by atoms with Crippen LogP contribution < -0.4 is 5.32 Å². The highest BCUT2D eigenvalue weighted by molar-refractivity contribution is 14.0. The Hall–Kier alpha value is -0.930. The van der Waals surface area contributed by atoms with E-state index < -0.39 is 0 Å². The minimum Gasteiger partial charge on any atom is -0.385 e. The predicted octanol–water partition coefficient (Wildman–Crippen LogP) is 3.08. The van der Waals surface area contributed by atoms with Gasteiger partial charge in [-0.1, -0.05) is 12.1 Å². The lowest BCUT2D eigenvalue weighted by Gasteiger charge is -2.34. The summed E-state index contributed by atoms with van der Waals surface area (Å²) >= 11 is 0. The molecule has 0 radical (unpaired) electrons. The van der Waals surface area contributed by atoms with Crippen molar-refractivity contribution < 1.29 is 13.9 Å². The monoisotopic (exact) mass is 479 g/mol. The summed E-state index contributed by atoms with van der Waals surface area (Å²) in [7, 11) is 3.53. The van der Waals surface area contributed by atoms with Gasteiger partial charge >= 0.3 is 0 Å². The Labute approximate surface area is 173 Å². The van der Waals surface area contributed by atoms with E-state index in [-0.39, 0.29) is 29.8 Å². The maximum Gasteiger partial charge on any atom is 0.193 e. The first-order valence-corrected chi connectivity index (χ1v) is 9.03. The third-order valence-electron chi connectivity index (χ3n) is 4.41. The van der Waals surface area contributed by atoms with Gasteiger partial charge in [-0.05, 0) is 43.4 Å². The van der Waals surface area contributed by atoms with Gasteiger partial charge in [0, 0.05) is 47.0 Å². The first-order chi connectivity index (χ1) is 12.2. The highest BCUT2D eigenvalue weighted by Gasteiger charge is 2.21. The summed E-state index contributed by atoms with van der Waals surface area (Å²) in [6, 6.07) is 6.65. The molecular formula is C19H31FIN3O2. The van der Waals surface area contributed by atoms with Gasteiger partial charge in [0.1, 0.15) is 5.82 Å². The minimum absolute atomic E-state index is 0. The number of halogens is 2. The lowest BCUT2D eigenvalue weighted by atomic mass is 10.1.